The minimum Gasteiger partial charge on any atom is -0.449 e. The van der Waals surface area contributed by atoms with Crippen molar-refractivity contribution in [3.63, 3.8) is 0 Å². The summed E-state index contributed by atoms with van der Waals surface area (Å²) >= 11 is 0. The molecule has 0 heterocycles. The predicted octanol–water partition coefficient (Wildman–Crippen LogP) is 1.94. The number of hydrogen-bond donors (Lipinski definition) is 0. The molecule has 0 radical (unpaired) electrons. The Morgan fingerprint density at radius 2 is 1.26 bits per heavy atom. The molecule has 1 saturated carbocycles. The summed E-state index contributed by atoms with van der Waals surface area (Å²) in [6.07, 6.45) is 3.30. The van der Waals surface area contributed by atoms with Crippen molar-refractivity contribution < 1.29 is 19.1 Å². The summed E-state index contributed by atoms with van der Waals surface area (Å²) in [5.74, 6) is 0. The first-order valence-electron chi connectivity index (χ1n) is 6.54. The van der Waals surface area contributed by atoms with Crippen molar-refractivity contribution in [1.29, 1.82) is 0 Å². The third kappa shape index (κ3) is 4.61. The molecule has 1 aliphatic carbocycles. The van der Waals surface area contributed by atoms with Crippen LogP contribution in [0.3, 0.4) is 0 Å². The number of carbonyl (C=O) groups excluding carboxylic acids is 2. The number of carbonyl (C=O) groups is 2. The molecule has 6 heteroatoms. The minimum atomic E-state index is -0.356. The lowest BCUT2D eigenvalue weighted by Gasteiger charge is -2.28. The van der Waals surface area contributed by atoms with E-state index in [-0.39, 0.29) is 17.6 Å². The van der Waals surface area contributed by atoms with Crippen LogP contribution >= 0.6 is 0 Å². The van der Waals surface area contributed by atoms with Crippen LogP contribution in [0.1, 0.15) is 25.7 Å². The second-order valence-corrected chi connectivity index (χ2v) is 5.61. The second-order valence-electron chi connectivity index (χ2n) is 5.61. The average Bonchev–Trinajstić information content (AvgIpc) is 2.82. The van der Waals surface area contributed by atoms with Gasteiger partial charge in [0.1, 0.15) is 13.2 Å². The van der Waals surface area contributed by atoms with Crippen LogP contribution in [0.5, 0.6) is 0 Å². The summed E-state index contributed by atoms with van der Waals surface area (Å²) in [7, 11) is 6.59. The van der Waals surface area contributed by atoms with Crippen LogP contribution < -0.4 is 0 Å². The number of rotatable bonds is 4. The van der Waals surface area contributed by atoms with Gasteiger partial charge in [-0.3, -0.25) is 0 Å². The lowest BCUT2D eigenvalue weighted by molar-refractivity contribution is 0.0155. The summed E-state index contributed by atoms with van der Waals surface area (Å²) in [6, 6.07) is 0. The van der Waals surface area contributed by atoms with Gasteiger partial charge in [0.05, 0.1) is 0 Å². The molecule has 1 aliphatic rings. The van der Waals surface area contributed by atoms with Crippen LogP contribution in [0.25, 0.3) is 0 Å². The van der Waals surface area contributed by atoms with E-state index in [1.54, 1.807) is 28.2 Å². The Kier molecular flexibility index (Phi) is 5.44. The Morgan fingerprint density at radius 3 is 1.58 bits per heavy atom. The molecule has 0 atom stereocenters. The molecule has 1 rings (SSSR count). The number of amides is 2. The van der Waals surface area contributed by atoms with Crippen LogP contribution in [0.4, 0.5) is 9.59 Å². The molecule has 0 aromatic rings. The standard InChI is InChI=1S/C13H24N2O4/c1-14(2)11(16)18-9-13(7-5-6-8-13)10-19-12(17)15(3)4/h5-10H2,1-4H3. The predicted molar refractivity (Wildman–Crippen MR) is 71.0 cm³/mol. The topological polar surface area (TPSA) is 59.1 Å². The highest BCUT2D eigenvalue weighted by Gasteiger charge is 2.37. The fourth-order valence-electron chi connectivity index (χ4n) is 2.14. The van der Waals surface area contributed by atoms with E-state index in [0.717, 1.165) is 25.7 Å². The van der Waals surface area contributed by atoms with Crippen LogP contribution in [-0.2, 0) is 9.47 Å². The van der Waals surface area contributed by atoms with Gasteiger partial charge in [-0.1, -0.05) is 12.8 Å². The SMILES string of the molecule is CN(C)C(=O)OCC1(COC(=O)N(C)C)CCCC1. The van der Waals surface area contributed by atoms with E-state index in [9.17, 15) is 9.59 Å². The van der Waals surface area contributed by atoms with Crippen LogP contribution in [0.15, 0.2) is 0 Å². The van der Waals surface area contributed by atoms with E-state index in [4.69, 9.17) is 9.47 Å². The Hall–Kier alpha value is -1.46. The normalized spacial score (nSPS) is 16.8. The van der Waals surface area contributed by atoms with Gasteiger partial charge in [-0.2, -0.15) is 0 Å². The summed E-state index contributed by atoms with van der Waals surface area (Å²) < 4.78 is 10.5. The first-order chi connectivity index (χ1) is 8.86. The summed E-state index contributed by atoms with van der Waals surface area (Å²) in [6.45, 7) is 0.620. The molecule has 0 unspecified atom stereocenters. The van der Waals surface area contributed by atoms with E-state index >= 15 is 0 Å². The smallest absolute Gasteiger partial charge is 0.409 e. The molecule has 0 bridgehead atoms. The molecule has 0 aromatic heterocycles. The Bertz CT molecular complexity index is 297. The van der Waals surface area contributed by atoms with Crippen LogP contribution in [0, 0.1) is 5.41 Å². The summed E-state index contributed by atoms with van der Waals surface area (Å²) in [5, 5.41) is 0. The fourth-order valence-corrected chi connectivity index (χ4v) is 2.14. The Balaban J connectivity index is 2.50. The maximum atomic E-state index is 11.5. The van der Waals surface area contributed by atoms with Gasteiger partial charge in [0.25, 0.3) is 0 Å². The van der Waals surface area contributed by atoms with Gasteiger partial charge in [0, 0.05) is 33.6 Å². The van der Waals surface area contributed by atoms with Gasteiger partial charge in [-0.05, 0) is 12.8 Å². The molecule has 2 amide bonds. The van der Waals surface area contributed by atoms with Gasteiger partial charge >= 0.3 is 12.2 Å². The van der Waals surface area contributed by atoms with E-state index in [0.29, 0.717) is 13.2 Å². The van der Waals surface area contributed by atoms with Gasteiger partial charge < -0.3 is 19.3 Å². The number of hydrogen-bond acceptors (Lipinski definition) is 4. The Morgan fingerprint density at radius 1 is 0.895 bits per heavy atom. The monoisotopic (exact) mass is 272 g/mol. The van der Waals surface area contributed by atoms with Crippen molar-refractivity contribution in [2.75, 3.05) is 41.4 Å². The number of nitrogens with zero attached hydrogens (tertiary/aromatic N) is 2. The zero-order valence-corrected chi connectivity index (χ0v) is 12.3. The molecule has 6 nitrogen and oxygen atoms in total. The first kappa shape index (κ1) is 15.6. The van der Waals surface area contributed by atoms with Gasteiger partial charge in [0.15, 0.2) is 0 Å². The molecular weight excluding hydrogens is 248 g/mol. The van der Waals surface area contributed by atoms with Crippen molar-refractivity contribution in [3.8, 4) is 0 Å². The lowest BCUT2D eigenvalue weighted by atomic mass is 9.88. The van der Waals surface area contributed by atoms with Gasteiger partial charge in [-0.25, -0.2) is 9.59 Å². The minimum absolute atomic E-state index is 0.211. The quantitative estimate of drug-likeness (QED) is 0.784. The van der Waals surface area contributed by atoms with Crippen LogP contribution in [-0.4, -0.2) is 63.4 Å². The summed E-state index contributed by atoms with van der Waals surface area (Å²) in [5.41, 5.74) is -0.211. The highest BCUT2D eigenvalue weighted by atomic mass is 16.6. The van der Waals surface area contributed by atoms with Crippen molar-refractivity contribution in [1.82, 2.24) is 9.80 Å². The van der Waals surface area contributed by atoms with Gasteiger partial charge in [0.2, 0.25) is 0 Å². The van der Waals surface area contributed by atoms with Crippen molar-refractivity contribution in [3.05, 3.63) is 0 Å². The molecule has 0 N–H and O–H groups in total. The highest BCUT2D eigenvalue weighted by molar-refractivity contribution is 5.67. The average molecular weight is 272 g/mol. The van der Waals surface area contributed by atoms with E-state index in [2.05, 4.69) is 0 Å². The molecule has 0 aliphatic heterocycles. The van der Waals surface area contributed by atoms with Crippen molar-refractivity contribution in [2.24, 2.45) is 5.41 Å². The first-order valence-corrected chi connectivity index (χ1v) is 6.54. The fraction of sp³-hybridized carbons (Fsp3) is 0.846. The molecule has 0 spiro atoms. The second kappa shape index (κ2) is 6.63. The van der Waals surface area contributed by atoms with Crippen molar-refractivity contribution >= 4 is 12.2 Å². The van der Waals surface area contributed by atoms with Gasteiger partial charge in [-0.15, -0.1) is 0 Å². The maximum Gasteiger partial charge on any atom is 0.409 e. The third-order valence-corrected chi connectivity index (χ3v) is 3.40. The molecule has 0 aromatic carbocycles. The largest absolute Gasteiger partial charge is 0.449 e. The molecular formula is C13H24N2O4. The lowest BCUT2D eigenvalue weighted by Crippen LogP contribution is -2.35. The zero-order chi connectivity index (χ0) is 14.5. The van der Waals surface area contributed by atoms with E-state index in [1.807, 2.05) is 0 Å². The number of ether oxygens (including phenoxy) is 2. The molecule has 0 saturated heterocycles. The molecule has 19 heavy (non-hydrogen) atoms. The van der Waals surface area contributed by atoms with Crippen molar-refractivity contribution in [2.45, 2.75) is 25.7 Å². The maximum absolute atomic E-state index is 11.5. The zero-order valence-electron chi connectivity index (χ0n) is 12.3. The van der Waals surface area contributed by atoms with E-state index < -0.39 is 0 Å². The summed E-state index contributed by atoms with van der Waals surface area (Å²) in [4.78, 5) is 25.7. The highest BCUT2D eigenvalue weighted by Crippen LogP contribution is 2.38. The van der Waals surface area contributed by atoms with E-state index in [1.165, 1.54) is 9.80 Å². The Labute approximate surface area is 114 Å². The third-order valence-electron chi connectivity index (χ3n) is 3.40. The van der Waals surface area contributed by atoms with Crippen LogP contribution in [0.2, 0.25) is 0 Å². The molecule has 110 valence electrons. The molecule has 1 fully saturated rings.